The van der Waals surface area contributed by atoms with Crippen molar-refractivity contribution in [3.8, 4) is 0 Å². The van der Waals surface area contributed by atoms with Crippen LogP contribution >= 0.6 is 0 Å². The third-order valence-electron chi connectivity index (χ3n) is 3.28. The van der Waals surface area contributed by atoms with E-state index in [2.05, 4.69) is 23.9 Å². The van der Waals surface area contributed by atoms with E-state index in [1.807, 2.05) is 25.5 Å². The lowest BCUT2D eigenvalue weighted by Crippen LogP contribution is -2.39. The molecule has 0 saturated carbocycles. The van der Waals surface area contributed by atoms with Crippen molar-refractivity contribution in [1.82, 2.24) is 14.8 Å². The van der Waals surface area contributed by atoms with Gasteiger partial charge in [0.15, 0.2) is 5.78 Å². The molecular weight excluding hydrogens is 242 g/mol. The molecule has 0 aliphatic carbocycles. The second-order valence-electron chi connectivity index (χ2n) is 5.37. The highest BCUT2D eigenvalue weighted by atomic mass is 16.5. The van der Waals surface area contributed by atoms with Crippen molar-refractivity contribution in [3.05, 3.63) is 12.2 Å². The molecule has 1 aromatic heterocycles. The molecule has 0 N–H and O–H groups in total. The summed E-state index contributed by atoms with van der Waals surface area (Å²) in [6.07, 6.45) is 2.45. The van der Waals surface area contributed by atoms with Crippen LogP contribution in [0.25, 0.3) is 0 Å². The van der Waals surface area contributed by atoms with E-state index < -0.39 is 5.60 Å². The van der Waals surface area contributed by atoms with E-state index >= 15 is 0 Å². The summed E-state index contributed by atoms with van der Waals surface area (Å²) in [5, 5.41) is 4.18. The van der Waals surface area contributed by atoms with Crippen LogP contribution in [-0.4, -0.2) is 32.8 Å². The molecule has 0 aliphatic rings. The van der Waals surface area contributed by atoms with E-state index in [9.17, 15) is 4.79 Å². The van der Waals surface area contributed by atoms with E-state index in [4.69, 9.17) is 4.74 Å². The van der Waals surface area contributed by atoms with E-state index in [0.717, 1.165) is 12.4 Å². The number of ether oxygens (including phenoxy) is 1. The van der Waals surface area contributed by atoms with Crippen molar-refractivity contribution < 1.29 is 9.53 Å². The highest BCUT2D eigenvalue weighted by Crippen LogP contribution is 2.18. The van der Waals surface area contributed by atoms with Gasteiger partial charge in [-0.1, -0.05) is 20.8 Å². The van der Waals surface area contributed by atoms with Crippen LogP contribution in [0.4, 0.5) is 0 Å². The average molecular weight is 267 g/mol. The number of Topliss-reactive ketones (excluding diaryl/α,β-unsaturated/α-hetero) is 1. The summed E-state index contributed by atoms with van der Waals surface area (Å²) in [5.41, 5.74) is -0.719. The van der Waals surface area contributed by atoms with Crippen LogP contribution < -0.4 is 0 Å². The predicted molar refractivity (Wildman–Crippen MR) is 73.9 cm³/mol. The number of nitrogens with zero attached hydrogens (tertiary/aromatic N) is 3. The molecule has 5 heteroatoms. The van der Waals surface area contributed by atoms with E-state index in [0.29, 0.717) is 18.9 Å². The number of rotatable bonds is 8. The van der Waals surface area contributed by atoms with Crippen LogP contribution in [0, 0.1) is 5.92 Å². The smallest absolute Gasteiger partial charge is 0.171 e. The molecule has 1 heterocycles. The first-order chi connectivity index (χ1) is 8.92. The van der Waals surface area contributed by atoms with Gasteiger partial charge >= 0.3 is 0 Å². The van der Waals surface area contributed by atoms with Gasteiger partial charge in [0.25, 0.3) is 0 Å². The molecule has 0 radical (unpaired) electrons. The number of carbonyl (C=O) groups is 1. The zero-order chi connectivity index (χ0) is 14.5. The third kappa shape index (κ3) is 4.13. The number of carbonyl (C=O) groups excluding carboxylic acids is 1. The molecule has 1 atom stereocenters. The summed E-state index contributed by atoms with van der Waals surface area (Å²) in [6.45, 7) is 11.3. The van der Waals surface area contributed by atoms with Gasteiger partial charge in [0.05, 0.1) is 6.42 Å². The Hall–Kier alpha value is -1.23. The Labute approximate surface area is 115 Å². The number of hydrogen-bond acceptors (Lipinski definition) is 4. The standard InChI is InChI=1S/C14H25N3O2/c1-6-14(5,19-7-2)12(18)8-13-15-10-16-17(13)9-11(3)4/h10-11H,6-9H2,1-5H3. The summed E-state index contributed by atoms with van der Waals surface area (Å²) in [5.74, 6) is 1.26. The lowest BCUT2D eigenvalue weighted by atomic mass is 9.95. The van der Waals surface area contributed by atoms with Crippen LogP contribution in [0.3, 0.4) is 0 Å². The fourth-order valence-corrected chi connectivity index (χ4v) is 1.95. The molecular formula is C14H25N3O2. The van der Waals surface area contributed by atoms with Crippen LogP contribution in [0.5, 0.6) is 0 Å². The molecule has 5 nitrogen and oxygen atoms in total. The van der Waals surface area contributed by atoms with Gasteiger partial charge in [0, 0.05) is 13.2 Å². The number of aromatic nitrogens is 3. The van der Waals surface area contributed by atoms with Gasteiger partial charge in [0.1, 0.15) is 17.8 Å². The summed E-state index contributed by atoms with van der Waals surface area (Å²) in [7, 11) is 0. The first kappa shape index (κ1) is 15.8. The zero-order valence-electron chi connectivity index (χ0n) is 12.6. The van der Waals surface area contributed by atoms with Gasteiger partial charge in [-0.15, -0.1) is 0 Å². The molecule has 0 bridgehead atoms. The summed E-state index contributed by atoms with van der Waals surface area (Å²) in [6, 6.07) is 0. The molecule has 0 fully saturated rings. The van der Waals surface area contributed by atoms with Gasteiger partial charge in [-0.05, 0) is 26.2 Å². The Kier molecular flexibility index (Phi) is 5.66. The first-order valence-corrected chi connectivity index (χ1v) is 6.96. The Balaban J connectivity index is 2.79. The minimum Gasteiger partial charge on any atom is -0.368 e. The molecule has 0 aromatic carbocycles. The average Bonchev–Trinajstić information content (AvgIpc) is 2.76. The molecule has 1 rings (SSSR count). The maximum atomic E-state index is 12.4. The van der Waals surface area contributed by atoms with Crippen molar-refractivity contribution in [3.63, 3.8) is 0 Å². The lowest BCUT2D eigenvalue weighted by molar-refractivity contribution is -0.141. The van der Waals surface area contributed by atoms with Crippen molar-refractivity contribution in [2.24, 2.45) is 5.92 Å². The van der Waals surface area contributed by atoms with Crippen LogP contribution in [0.2, 0.25) is 0 Å². The monoisotopic (exact) mass is 267 g/mol. The first-order valence-electron chi connectivity index (χ1n) is 6.96. The minimum atomic E-state index is -0.719. The van der Waals surface area contributed by atoms with E-state index in [-0.39, 0.29) is 12.2 Å². The highest BCUT2D eigenvalue weighted by Gasteiger charge is 2.32. The molecule has 0 saturated heterocycles. The highest BCUT2D eigenvalue weighted by molar-refractivity contribution is 5.88. The van der Waals surface area contributed by atoms with Crippen molar-refractivity contribution in [2.75, 3.05) is 6.61 Å². The summed E-state index contributed by atoms with van der Waals surface area (Å²) >= 11 is 0. The van der Waals surface area contributed by atoms with Crippen molar-refractivity contribution in [2.45, 2.75) is 59.6 Å². The minimum absolute atomic E-state index is 0.0647. The Morgan fingerprint density at radius 3 is 2.68 bits per heavy atom. The topological polar surface area (TPSA) is 57.0 Å². The summed E-state index contributed by atoms with van der Waals surface area (Å²) in [4.78, 5) is 16.6. The zero-order valence-corrected chi connectivity index (χ0v) is 12.6. The Bertz CT molecular complexity index is 415. The molecule has 0 spiro atoms. The quantitative estimate of drug-likeness (QED) is 0.725. The fraction of sp³-hybridized carbons (Fsp3) is 0.786. The molecule has 0 amide bonds. The largest absolute Gasteiger partial charge is 0.368 e. The third-order valence-corrected chi connectivity index (χ3v) is 3.28. The van der Waals surface area contributed by atoms with E-state index in [1.54, 1.807) is 0 Å². The SMILES string of the molecule is CCOC(C)(CC)C(=O)Cc1ncnn1CC(C)C. The van der Waals surface area contributed by atoms with Crippen molar-refractivity contribution in [1.29, 1.82) is 0 Å². The fourth-order valence-electron chi connectivity index (χ4n) is 1.95. The van der Waals surface area contributed by atoms with Crippen LogP contribution in [-0.2, 0) is 22.5 Å². The maximum absolute atomic E-state index is 12.4. The second-order valence-corrected chi connectivity index (χ2v) is 5.37. The van der Waals surface area contributed by atoms with Crippen molar-refractivity contribution >= 4 is 5.78 Å². The maximum Gasteiger partial charge on any atom is 0.171 e. The molecule has 108 valence electrons. The van der Waals surface area contributed by atoms with Crippen LogP contribution in [0.15, 0.2) is 6.33 Å². The van der Waals surface area contributed by atoms with Gasteiger partial charge in [-0.3, -0.25) is 4.79 Å². The van der Waals surface area contributed by atoms with Gasteiger partial charge in [-0.2, -0.15) is 5.10 Å². The second kappa shape index (κ2) is 6.80. The van der Waals surface area contributed by atoms with Crippen LogP contribution in [0.1, 0.15) is 46.9 Å². The molecule has 1 aromatic rings. The Morgan fingerprint density at radius 2 is 2.16 bits per heavy atom. The van der Waals surface area contributed by atoms with E-state index in [1.165, 1.54) is 6.33 Å². The van der Waals surface area contributed by atoms with Gasteiger partial charge in [-0.25, -0.2) is 9.67 Å². The summed E-state index contributed by atoms with van der Waals surface area (Å²) < 4.78 is 7.41. The molecule has 1 unspecified atom stereocenters. The molecule has 19 heavy (non-hydrogen) atoms. The predicted octanol–water partition coefficient (Wildman–Crippen LogP) is 2.25. The Morgan fingerprint density at radius 1 is 1.47 bits per heavy atom. The molecule has 0 aliphatic heterocycles. The van der Waals surface area contributed by atoms with Gasteiger partial charge < -0.3 is 4.74 Å². The number of ketones is 1. The normalized spacial score (nSPS) is 14.6. The van der Waals surface area contributed by atoms with Gasteiger partial charge in [0.2, 0.25) is 0 Å². The number of hydrogen-bond donors (Lipinski definition) is 0. The lowest BCUT2D eigenvalue weighted by Gasteiger charge is -2.26.